The van der Waals surface area contributed by atoms with Crippen molar-refractivity contribution in [1.29, 1.82) is 0 Å². The smallest absolute Gasteiger partial charge is 0.417 e. The van der Waals surface area contributed by atoms with Crippen molar-refractivity contribution in [3.8, 4) is 5.75 Å². The van der Waals surface area contributed by atoms with Gasteiger partial charge in [0.05, 0.1) is 18.2 Å². The van der Waals surface area contributed by atoms with E-state index in [9.17, 15) is 9.59 Å². The summed E-state index contributed by atoms with van der Waals surface area (Å²) < 4.78 is 10.9. The zero-order valence-electron chi connectivity index (χ0n) is 11.5. The predicted molar refractivity (Wildman–Crippen MR) is 85.5 cm³/mol. The lowest BCUT2D eigenvalue weighted by Gasteiger charge is -2.09. The van der Waals surface area contributed by atoms with Gasteiger partial charge in [-0.05, 0) is 36.4 Å². The van der Waals surface area contributed by atoms with Crippen molar-refractivity contribution >= 4 is 38.6 Å². The number of halogens is 1. The Morgan fingerprint density at radius 2 is 2.09 bits per heavy atom. The normalized spacial score (nSPS) is 10.6. The van der Waals surface area contributed by atoms with Gasteiger partial charge in [0.1, 0.15) is 5.75 Å². The molecule has 0 aliphatic carbocycles. The van der Waals surface area contributed by atoms with E-state index in [0.717, 1.165) is 4.47 Å². The fourth-order valence-electron chi connectivity index (χ4n) is 2.09. The summed E-state index contributed by atoms with van der Waals surface area (Å²) in [6.07, 6.45) is 0. The average molecular weight is 363 g/mol. The molecule has 0 aliphatic rings. The molecule has 0 bridgehead atoms. The molecule has 6 nitrogen and oxygen atoms in total. The number of nitrogens with one attached hydrogen (secondary N) is 2. The maximum atomic E-state index is 12.4. The molecule has 0 spiro atoms. The van der Waals surface area contributed by atoms with Gasteiger partial charge in [-0.25, -0.2) is 4.79 Å². The maximum absolute atomic E-state index is 12.4. The van der Waals surface area contributed by atoms with Crippen molar-refractivity contribution in [1.82, 2.24) is 4.98 Å². The Balaban J connectivity index is 1.92. The molecule has 0 radical (unpaired) electrons. The van der Waals surface area contributed by atoms with Gasteiger partial charge in [-0.1, -0.05) is 15.9 Å². The number of methoxy groups -OCH3 is 1. The molecule has 0 saturated carbocycles. The number of aromatic nitrogens is 1. The number of ether oxygens (including phenoxy) is 1. The number of hydrogen-bond acceptors (Lipinski definition) is 4. The monoisotopic (exact) mass is 362 g/mol. The summed E-state index contributed by atoms with van der Waals surface area (Å²) in [6, 6.07) is 10.1. The fraction of sp³-hybridized carbons (Fsp3) is 0.0667. The molecule has 2 N–H and O–H groups in total. The van der Waals surface area contributed by atoms with Crippen LogP contribution in [0.5, 0.6) is 5.75 Å². The van der Waals surface area contributed by atoms with E-state index < -0.39 is 5.76 Å². The second-order valence-corrected chi connectivity index (χ2v) is 5.44. The molecule has 0 saturated heterocycles. The number of benzene rings is 2. The molecule has 112 valence electrons. The van der Waals surface area contributed by atoms with Crippen LogP contribution in [-0.2, 0) is 0 Å². The van der Waals surface area contributed by atoms with Crippen molar-refractivity contribution in [2.24, 2.45) is 0 Å². The number of rotatable bonds is 3. The summed E-state index contributed by atoms with van der Waals surface area (Å²) in [5.74, 6) is -0.381. The van der Waals surface area contributed by atoms with Crippen LogP contribution in [0.25, 0.3) is 11.1 Å². The van der Waals surface area contributed by atoms with Crippen LogP contribution in [0.15, 0.2) is 50.1 Å². The maximum Gasteiger partial charge on any atom is 0.417 e. The SMILES string of the molecule is COc1ccc(Br)cc1C(=O)Nc1ccc2oc(=O)[nH]c2c1. The summed E-state index contributed by atoms with van der Waals surface area (Å²) in [5.41, 5.74) is 1.89. The molecule has 1 heterocycles. The van der Waals surface area contributed by atoms with Crippen molar-refractivity contribution in [3.63, 3.8) is 0 Å². The van der Waals surface area contributed by atoms with Crippen LogP contribution in [0.1, 0.15) is 10.4 Å². The third-order valence-electron chi connectivity index (χ3n) is 3.08. The first-order valence-electron chi connectivity index (χ1n) is 6.34. The van der Waals surface area contributed by atoms with E-state index in [2.05, 4.69) is 26.2 Å². The zero-order valence-corrected chi connectivity index (χ0v) is 13.1. The van der Waals surface area contributed by atoms with E-state index in [1.807, 2.05) is 0 Å². The quantitative estimate of drug-likeness (QED) is 0.749. The Labute approximate surface area is 133 Å². The highest BCUT2D eigenvalue weighted by Crippen LogP contribution is 2.24. The third kappa shape index (κ3) is 2.75. The van der Waals surface area contributed by atoms with Gasteiger partial charge in [-0.3, -0.25) is 9.78 Å². The second kappa shape index (κ2) is 5.69. The molecule has 22 heavy (non-hydrogen) atoms. The highest BCUT2D eigenvalue weighted by molar-refractivity contribution is 9.10. The number of H-pyrrole nitrogens is 1. The Kier molecular flexibility index (Phi) is 3.72. The van der Waals surface area contributed by atoms with Crippen LogP contribution in [0.4, 0.5) is 5.69 Å². The predicted octanol–water partition coefficient (Wildman–Crippen LogP) is 3.14. The summed E-state index contributed by atoms with van der Waals surface area (Å²) >= 11 is 3.33. The van der Waals surface area contributed by atoms with Crippen LogP contribution in [0.3, 0.4) is 0 Å². The van der Waals surface area contributed by atoms with Gasteiger partial charge in [0.2, 0.25) is 0 Å². The Morgan fingerprint density at radius 1 is 1.27 bits per heavy atom. The third-order valence-corrected chi connectivity index (χ3v) is 3.58. The van der Waals surface area contributed by atoms with E-state index in [-0.39, 0.29) is 5.91 Å². The van der Waals surface area contributed by atoms with Crippen molar-refractivity contribution in [2.75, 3.05) is 12.4 Å². The van der Waals surface area contributed by atoms with Gasteiger partial charge in [-0.15, -0.1) is 0 Å². The van der Waals surface area contributed by atoms with E-state index in [1.54, 1.807) is 36.4 Å². The minimum atomic E-state index is -0.535. The fourth-order valence-corrected chi connectivity index (χ4v) is 2.45. The van der Waals surface area contributed by atoms with Crippen molar-refractivity contribution < 1.29 is 13.9 Å². The number of amides is 1. The highest BCUT2D eigenvalue weighted by atomic mass is 79.9. The van der Waals surface area contributed by atoms with Gasteiger partial charge >= 0.3 is 5.76 Å². The van der Waals surface area contributed by atoms with Gasteiger partial charge in [0.25, 0.3) is 5.91 Å². The summed E-state index contributed by atoms with van der Waals surface area (Å²) in [5, 5.41) is 2.76. The number of oxazole rings is 1. The van der Waals surface area contributed by atoms with Crippen LogP contribution in [0.2, 0.25) is 0 Å². The number of anilines is 1. The molecule has 2 aromatic carbocycles. The molecular weight excluding hydrogens is 352 g/mol. The van der Waals surface area contributed by atoms with Gasteiger partial charge in [0, 0.05) is 10.2 Å². The highest BCUT2D eigenvalue weighted by Gasteiger charge is 2.13. The second-order valence-electron chi connectivity index (χ2n) is 4.52. The molecule has 7 heteroatoms. The average Bonchev–Trinajstić information content (AvgIpc) is 2.86. The molecular formula is C15H11BrN2O4. The number of aromatic amines is 1. The lowest BCUT2D eigenvalue weighted by molar-refractivity contribution is 0.102. The number of carbonyl (C=O) groups excluding carboxylic acids is 1. The molecule has 1 aromatic heterocycles. The lowest BCUT2D eigenvalue weighted by atomic mass is 10.2. The number of hydrogen-bond donors (Lipinski definition) is 2. The first-order chi connectivity index (χ1) is 10.6. The number of fused-ring (bicyclic) bond motifs is 1. The molecule has 1 amide bonds. The zero-order chi connectivity index (χ0) is 15.7. The Hall–Kier alpha value is -2.54. The van der Waals surface area contributed by atoms with Gasteiger partial charge in [-0.2, -0.15) is 0 Å². The molecule has 0 atom stereocenters. The van der Waals surface area contributed by atoms with Crippen LogP contribution >= 0.6 is 15.9 Å². The van der Waals surface area contributed by atoms with E-state index in [1.165, 1.54) is 7.11 Å². The first kappa shape index (κ1) is 14.4. The summed E-state index contributed by atoms with van der Waals surface area (Å²) in [7, 11) is 1.50. The summed E-state index contributed by atoms with van der Waals surface area (Å²) in [4.78, 5) is 26.1. The van der Waals surface area contributed by atoms with Crippen LogP contribution < -0.4 is 15.8 Å². The minimum Gasteiger partial charge on any atom is -0.496 e. The van der Waals surface area contributed by atoms with Gasteiger partial charge in [0.15, 0.2) is 5.58 Å². The van der Waals surface area contributed by atoms with Crippen LogP contribution in [-0.4, -0.2) is 18.0 Å². The molecule has 0 aliphatic heterocycles. The molecule has 0 unspecified atom stereocenters. The largest absolute Gasteiger partial charge is 0.496 e. The van der Waals surface area contributed by atoms with Gasteiger partial charge < -0.3 is 14.5 Å². The lowest BCUT2D eigenvalue weighted by Crippen LogP contribution is -2.13. The van der Waals surface area contributed by atoms with Crippen LogP contribution in [0, 0.1) is 0 Å². The van der Waals surface area contributed by atoms with E-state index in [4.69, 9.17) is 9.15 Å². The van der Waals surface area contributed by atoms with Crippen molar-refractivity contribution in [3.05, 3.63) is 57.0 Å². The molecule has 3 aromatic rings. The minimum absolute atomic E-state index is 0.316. The summed E-state index contributed by atoms with van der Waals surface area (Å²) in [6.45, 7) is 0. The topological polar surface area (TPSA) is 84.3 Å². The number of carbonyl (C=O) groups is 1. The van der Waals surface area contributed by atoms with E-state index in [0.29, 0.717) is 28.1 Å². The molecule has 0 fully saturated rings. The first-order valence-corrected chi connectivity index (χ1v) is 7.14. The van der Waals surface area contributed by atoms with Crippen molar-refractivity contribution in [2.45, 2.75) is 0 Å². The standard InChI is InChI=1S/C15H11BrN2O4/c1-21-12-4-2-8(16)6-10(12)14(19)17-9-3-5-13-11(7-9)18-15(20)22-13/h2-7H,1H3,(H,17,19)(H,18,20). The Bertz CT molecular complexity index is 913. The Morgan fingerprint density at radius 3 is 2.86 bits per heavy atom. The van der Waals surface area contributed by atoms with E-state index >= 15 is 0 Å². The molecule has 3 rings (SSSR count).